The predicted octanol–water partition coefficient (Wildman–Crippen LogP) is 2.04. The molecule has 0 atom stereocenters. The van der Waals surface area contributed by atoms with E-state index in [9.17, 15) is 22.8 Å². The maximum Gasteiger partial charge on any atom is 0.433 e. The first-order chi connectivity index (χ1) is 9.38. The molecule has 0 aliphatic carbocycles. The zero-order valence-electron chi connectivity index (χ0n) is 9.86. The highest BCUT2D eigenvalue weighted by Crippen LogP contribution is 2.28. The van der Waals surface area contributed by atoms with Crippen LogP contribution in [0.1, 0.15) is 16.1 Å². The number of carbonyl (C=O) groups is 1. The van der Waals surface area contributed by atoms with Gasteiger partial charge in [0.15, 0.2) is 0 Å². The van der Waals surface area contributed by atoms with E-state index >= 15 is 0 Å². The standard InChI is InChI=1S/C12H8F3N3O2/c13-12(14,15)8-4-1-5-9(17-8)18-11(20)7-3-2-6-16-10(7)19/h1-6H,(H,16,19)(H,17,18,20). The molecule has 2 heterocycles. The molecule has 2 rings (SSSR count). The van der Waals surface area contributed by atoms with Crippen molar-refractivity contribution in [1.82, 2.24) is 9.97 Å². The maximum atomic E-state index is 12.5. The number of halogens is 3. The van der Waals surface area contributed by atoms with Crippen molar-refractivity contribution in [3.8, 4) is 0 Å². The molecule has 20 heavy (non-hydrogen) atoms. The van der Waals surface area contributed by atoms with Crippen molar-refractivity contribution in [1.29, 1.82) is 0 Å². The number of hydrogen-bond donors (Lipinski definition) is 2. The summed E-state index contributed by atoms with van der Waals surface area (Å²) in [7, 11) is 0. The van der Waals surface area contributed by atoms with Crippen LogP contribution in [0.4, 0.5) is 19.0 Å². The number of nitrogens with one attached hydrogen (secondary N) is 2. The molecule has 0 aromatic carbocycles. The van der Waals surface area contributed by atoms with Crippen molar-refractivity contribution in [2.45, 2.75) is 6.18 Å². The molecular formula is C12H8F3N3O2. The lowest BCUT2D eigenvalue weighted by molar-refractivity contribution is -0.141. The second kappa shape index (κ2) is 5.16. The minimum Gasteiger partial charge on any atom is -0.328 e. The Hall–Kier alpha value is -2.64. The van der Waals surface area contributed by atoms with Crippen LogP contribution in [-0.4, -0.2) is 15.9 Å². The number of nitrogens with zero attached hydrogens (tertiary/aromatic N) is 1. The fourth-order valence-corrected chi connectivity index (χ4v) is 1.45. The fraction of sp³-hybridized carbons (Fsp3) is 0.0833. The Kier molecular flexibility index (Phi) is 3.55. The first-order valence-corrected chi connectivity index (χ1v) is 5.41. The van der Waals surface area contributed by atoms with Crippen molar-refractivity contribution in [2.24, 2.45) is 0 Å². The summed E-state index contributed by atoms with van der Waals surface area (Å²) >= 11 is 0. The highest BCUT2D eigenvalue weighted by atomic mass is 19.4. The van der Waals surface area contributed by atoms with Gasteiger partial charge in [-0.3, -0.25) is 9.59 Å². The molecule has 0 saturated heterocycles. The number of amides is 1. The normalized spacial score (nSPS) is 11.2. The van der Waals surface area contributed by atoms with Crippen molar-refractivity contribution < 1.29 is 18.0 Å². The lowest BCUT2D eigenvalue weighted by Gasteiger charge is -2.08. The minimum atomic E-state index is -4.61. The predicted molar refractivity (Wildman–Crippen MR) is 64.3 cm³/mol. The molecule has 2 N–H and O–H groups in total. The summed E-state index contributed by atoms with van der Waals surface area (Å²) in [5.41, 5.74) is -1.99. The molecule has 0 spiro atoms. The van der Waals surface area contributed by atoms with Gasteiger partial charge in [-0.1, -0.05) is 6.07 Å². The van der Waals surface area contributed by atoms with Gasteiger partial charge in [0.1, 0.15) is 17.1 Å². The Morgan fingerprint density at radius 2 is 1.95 bits per heavy atom. The maximum absolute atomic E-state index is 12.5. The summed E-state index contributed by atoms with van der Waals surface area (Å²) in [4.78, 5) is 28.7. The molecule has 0 aliphatic heterocycles. The zero-order chi connectivity index (χ0) is 14.8. The number of aromatic amines is 1. The molecule has 1 amide bonds. The number of hydrogen-bond acceptors (Lipinski definition) is 3. The van der Waals surface area contributed by atoms with Gasteiger partial charge in [-0.05, 0) is 24.3 Å². The Labute approximate surface area is 110 Å². The van der Waals surface area contributed by atoms with Gasteiger partial charge in [0.05, 0.1) is 0 Å². The molecule has 0 bridgehead atoms. The van der Waals surface area contributed by atoms with E-state index in [-0.39, 0.29) is 11.4 Å². The summed E-state index contributed by atoms with van der Waals surface area (Å²) in [6, 6.07) is 5.77. The second-order valence-electron chi connectivity index (χ2n) is 3.77. The number of pyridine rings is 2. The van der Waals surface area contributed by atoms with Gasteiger partial charge in [-0.25, -0.2) is 4.98 Å². The number of carbonyl (C=O) groups excluding carboxylic acids is 1. The van der Waals surface area contributed by atoms with Gasteiger partial charge in [0, 0.05) is 6.20 Å². The first kappa shape index (κ1) is 13.8. The third-order valence-corrected chi connectivity index (χ3v) is 2.34. The smallest absolute Gasteiger partial charge is 0.328 e. The molecule has 0 saturated carbocycles. The van der Waals surface area contributed by atoms with E-state index < -0.39 is 23.3 Å². The SMILES string of the molecule is O=C(Nc1cccc(C(F)(F)F)n1)c1ccc[nH]c1=O. The molecule has 104 valence electrons. The van der Waals surface area contributed by atoms with Crippen molar-refractivity contribution in [3.05, 3.63) is 58.1 Å². The summed E-state index contributed by atoms with van der Waals surface area (Å²) in [5, 5.41) is 2.14. The van der Waals surface area contributed by atoms with Crippen LogP contribution in [-0.2, 0) is 6.18 Å². The van der Waals surface area contributed by atoms with Gasteiger partial charge >= 0.3 is 6.18 Å². The third-order valence-electron chi connectivity index (χ3n) is 2.34. The molecule has 8 heteroatoms. The average molecular weight is 283 g/mol. The average Bonchev–Trinajstić information content (AvgIpc) is 2.38. The number of alkyl halides is 3. The van der Waals surface area contributed by atoms with Crippen LogP contribution in [0.3, 0.4) is 0 Å². The highest BCUT2D eigenvalue weighted by molar-refractivity contribution is 6.03. The molecule has 0 unspecified atom stereocenters. The number of rotatable bonds is 2. The second-order valence-corrected chi connectivity index (χ2v) is 3.77. The Morgan fingerprint density at radius 1 is 1.20 bits per heavy atom. The van der Waals surface area contributed by atoms with E-state index in [0.717, 1.165) is 12.1 Å². The minimum absolute atomic E-state index is 0.216. The first-order valence-electron chi connectivity index (χ1n) is 5.41. The van der Waals surface area contributed by atoms with E-state index in [0.29, 0.717) is 0 Å². The Balaban J connectivity index is 2.25. The fourth-order valence-electron chi connectivity index (χ4n) is 1.45. The Bertz CT molecular complexity index is 695. The van der Waals surface area contributed by atoms with E-state index in [1.54, 1.807) is 0 Å². The van der Waals surface area contributed by atoms with Crippen LogP contribution in [0.25, 0.3) is 0 Å². The molecule has 5 nitrogen and oxygen atoms in total. The van der Waals surface area contributed by atoms with Gasteiger partial charge in [-0.2, -0.15) is 13.2 Å². The largest absolute Gasteiger partial charge is 0.433 e. The summed E-state index contributed by atoms with van der Waals surface area (Å²) in [6.07, 6.45) is -3.27. The van der Waals surface area contributed by atoms with Gasteiger partial charge < -0.3 is 10.3 Å². The topological polar surface area (TPSA) is 74.8 Å². The number of anilines is 1. The van der Waals surface area contributed by atoms with E-state index in [4.69, 9.17) is 0 Å². The van der Waals surface area contributed by atoms with Crippen LogP contribution in [0.2, 0.25) is 0 Å². The quantitative estimate of drug-likeness (QED) is 0.885. The number of H-pyrrole nitrogens is 1. The molecular weight excluding hydrogens is 275 g/mol. The highest BCUT2D eigenvalue weighted by Gasteiger charge is 2.32. The monoisotopic (exact) mass is 283 g/mol. The molecule has 2 aromatic rings. The van der Waals surface area contributed by atoms with Crippen molar-refractivity contribution >= 4 is 11.7 Å². The third kappa shape index (κ3) is 3.02. The summed E-state index contributed by atoms with van der Waals surface area (Å²) in [5.74, 6) is -1.12. The van der Waals surface area contributed by atoms with E-state index in [1.165, 1.54) is 24.4 Å². The van der Waals surface area contributed by atoms with Crippen LogP contribution in [0, 0.1) is 0 Å². The van der Waals surface area contributed by atoms with Crippen LogP contribution in [0.5, 0.6) is 0 Å². The van der Waals surface area contributed by atoms with Crippen molar-refractivity contribution in [2.75, 3.05) is 5.32 Å². The van der Waals surface area contributed by atoms with Crippen LogP contribution < -0.4 is 10.9 Å². The lowest BCUT2D eigenvalue weighted by Crippen LogP contribution is -2.23. The summed E-state index contributed by atoms with van der Waals surface area (Å²) < 4.78 is 37.4. The van der Waals surface area contributed by atoms with E-state index in [2.05, 4.69) is 15.3 Å². The zero-order valence-corrected chi connectivity index (χ0v) is 9.86. The van der Waals surface area contributed by atoms with Crippen LogP contribution >= 0.6 is 0 Å². The number of aromatic nitrogens is 2. The van der Waals surface area contributed by atoms with Crippen LogP contribution in [0.15, 0.2) is 41.3 Å². The van der Waals surface area contributed by atoms with E-state index in [1.807, 2.05) is 0 Å². The molecule has 0 aliphatic rings. The van der Waals surface area contributed by atoms with Gasteiger partial charge in [-0.15, -0.1) is 0 Å². The summed E-state index contributed by atoms with van der Waals surface area (Å²) in [6.45, 7) is 0. The van der Waals surface area contributed by atoms with Gasteiger partial charge in [0.25, 0.3) is 11.5 Å². The van der Waals surface area contributed by atoms with Crippen molar-refractivity contribution in [3.63, 3.8) is 0 Å². The molecule has 0 fully saturated rings. The van der Waals surface area contributed by atoms with Gasteiger partial charge in [0.2, 0.25) is 0 Å². The Morgan fingerprint density at radius 3 is 2.60 bits per heavy atom. The lowest BCUT2D eigenvalue weighted by atomic mass is 10.2. The molecule has 0 radical (unpaired) electrons. The molecule has 2 aromatic heterocycles.